The highest BCUT2D eigenvalue weighted by Crippen LogP contribution is 2.00. The minimum absolute atomic E-state index is 0.0276. The lowest BCUT2D eigenvalue weighted by Gasteiger charge is -2.03. The van der Waals surface area contributed by atoms with E-state index in [0.29, 0.717) is 0 Å². The van der Waals surface area contributed by atoms with Crippen LogP contribution in [-0.2, 0) is 22.7 Å². The Morgan fingerprint density at radius 1 is 1.31 bits per heavy atom. The SMILES string of the molecule is O=C(Cn1cnnn1)OCc1ccccc1. The van der Waals surface area contributed by atoms with Crippen LogP contribution >= 0.6 is 0 Å². The molecule has 0 spiro atoms. The summed E-state index contributed by atoms with van der Waals surface area (Å²) in [6, 6.07) is 9.48. The number of hydrogen-bond acceptors (Lipinski definition) is 5. The van der Waals surface area contributed by atoms with Crippen LogP contribution in [0.25, 0.3) is 0 Å². The molecule has 16 heavy (non-hydrogen) atoms. The molecule has 0 fully saturated rings. The second-order valence-electron chi connectivity index (χ2n) is 3.15. The van der Waals surface area contributed by atoms with Crippen LogP contribution in [-0.4, -0.2) is 26.2 Å². The molecule has 6 heteroatoms. The van der Waals surface area contributed by atoms with E-state index in [-0.39, 0.29) is 19.1 Å². The largest absolute Gasteiger partial charge is 0.459 e. The number of esters is 1. The molecule has 0 radical (unpaired) electrons. The van der Waals surface area contributed by atoms with Gasteiger partial charge in [0, 0.05) is 0 Å². The van der Waals surface area contributed by atoms with Gasteiger partial charge in [-0.3, -0.25) is 4.79 Å². The number of carbonyl (C=O) groups is 1. The predicted molar refractivity (Wildman–Crippen MR) is 54.1 cm³/mol. The molecule has 0 saturated heterocycles. The van der Waals surface area contributed by atoms with Gasteiger partial charge in [0.1, 0.15) is 19.5 Å². The summed E-state index contributed by atoms with van der Waals surface area (Å²) >= 11 is 0. The van der Waals surface area contributed by atoms with Crippen LogP contribution < -0.4 is 0 Å². The van der Waals surface area contributed by atoms with E-state index in [1.54, 1.807) is 0 Å². The maximum Gasteiger partial charge on any atom is 0.328 e. The quantitative estimate of drug-likeness (QED) is 0.695. The van der Waals surface area contributed by atoms with E-state index in [4.69, 9.17) is 4.74 Å². The highest BCUT2D eigenvalue weighted by molar-refractivity contribution is 5.68. The lowest BCUT2D eigenvalue weighted by Crippen LogP contribution is -2.14. The average molecular weight is 218 g/mol. The van der Waals surface area contributed by atoms with Gasteiger partial charge in [-0.15, -0.1) is 5.10 Å². The third-order valence-corrected chi connectivity index (χ3v) is 1.93. The van der Waals surface area contributed by atoms with Gasteiger partial charge in [-0.25, -0.2) is 4.68 Å². The maximum absolute atomic E-state index is 11.3. The fourth-order valence-electron chi connectivity index (χ4n) is 1.17. The monoisotopic (exact) mass is 218 g/mol. The summed E-state index contributed by atoms with van der Waals surface area (Å²) < 4.78 is 6.36. The molecule has 1 aromatic carbocycles. The third-order valence-electron chi connectivity index (χ3n) is 1.93. The van der Waals surface area contributed by atoms with Crippen LogP contribution in [0.2, 0.25) is 0 Å². The first-order valence-corrected chi connectivity index (χ1v) is 4.75. The summed E-state index contributed by atoms with van der Waals surface area (Å²) in [6.07, 6.45) is 1.36. The fourth-order valence-corrected chi connectivity index (χ4v) is 1.17. The van der Waals surface area contributed by atoms with Crippen LogP contribution in [0.4, 0.5) is 0 Å². The Labute approximate surface area is 91.8 Å². The summed E-state index contributed by atoms with van der Waals surface area (Å²) in [5, 5.41) is 10.4. The molecular formula is C10H10N4O2. The molecule has 82 valence electrons. The predicted octanol–water partition coefficient (Wildman–Crippen LogP) is 0.416. The van der Waals surface area contributed by atoms with Gasteiger partial charge >= 0.3 is 5.97 Å². The molecule has 1 heterocycles. The summed E-state index contributed by atoms with van der Waals surface area (Å²) in [4.78, 5) is 11.3. The van der Waals surface area contributed by atoms with E-state index >= 15 is 0 Å². The zero-order valence-corrected chi connectivity index (χ0v) is 8.48. The highest BCUT2D eigenvalue weighted by Gasteiger charge is 2.05. The third kappa shape index (κ3) is 2.88. The molecule has 0 aliphatic carbocycles. The number of hydrogen-bond donors (Lipinski definition) is 0. The van der Waals surface area contributed by atoms with Crippen molar-refractivity contribution in [1.29, 1.82) is 0 Å². The van der Waals surface area contributed by atoms with Crippen molar-refractivity contribution in [3.8, 4) is 0 Å². The van der Waals surface area contributed by atoms with Gasteiger partial charge in [0.25, 0.3) is 0 Å². The number of carbonyl (C=O) groups excluding carboxylic acids is 1. The normalized spacial score (nSPS) is 10.0. The van der Waals surface area contributed by atoms with E-state index in [1.807, 2.05) is 30.3 Å². The fraction of sp³-hybridized carbons (Fsp3) is 0.200. The minimum Gasteiger partial charge on any atom is -0.459 e. The number of benzene rings is 1. The first-order valence-electron chi connectivity index (χ1n) is 4.75. The Morgan fingerprint density at radius 3 is 2.81 bits per heavy atom. The molecular weight excluding hydrogens is 208 g/mol. The van der Waals surface area contributed by atoms with Crippen LogP contribution in [0.5, 0.6) is 0 Å². The Bertz CT molecular complexity index is 441. The number of ether oxygens (including phenoxy) is 1. The second kappa shape index (κ2) is 5.01. The van der Waals surface area contributed by atoms with E-state index in [0.717, 1.165) is 5.56 Å². The summed E-state index contributed by atoms with van der Waals surface area (Å²) in [6.45, 7) is 0.293. The van der Waals surface area contributed by atoms with Crippen LogP contribution in [0.15, 0.2) is 36.7 Å². The van der Waals surface area contributed by atoms with Crippen LogP contribution in [0.3, 0.4) is 0 Å². The molecule has 0 unspecified atom stereocenters. The van der Waals surface area contributed by atoms with Crippen LogP contribution in [0.1, 0.15) is 5.56 Å². The Hall–Kier alpha value is -2.24. The van der Waals surface area contributed by atoms with Gasteiger partial charge in [0.05, 0.1) is 0 Å². The minimum atomic E-state index is -0.365. The van der Waals surface area contributed by atoms with Gasteiger partial charge in [-0.2, -0.15) is 0 Å². The van der Waals surface area contributed by atoms with Crippen molar-refractivity contribution in [3.63, 3.8) is 0 Å². The molecule has 2 aromatic rings. The van der Waals surface area contributed by atoms with Gasteiger partial charge in [-0.05, 0) is 16.0 Å². The molecule has 0 bridgehead atoms. The molecule has 0 aliphatic heterocycles. The Kier molecular flexibility index (Phi) is 3.22. The van der Waals surface area contributed by atoms with Crippen molar-refractivity contribution in [2.24, 2.45) is 0 Å². The maximum atomic E-state index is 11.3. The summed E-state index contributed by atoms with van der Waals surface area (Å²) in [5.74, 6) is -0.365. The molecule has 0 aliphatic rings. The van der Waals surface area contributed by atoms with Gasteiger partial charge in [0.2, 0.25) is 0 Å². The Balaban J connectivity index is 1.80. The zero-order valence-electron chi connectivity index (χ0n) is 8.48. The molecule has 0 amide bonds. The number of nitrogens with zero attached hydrogens (tertiary/aromatic N) is 4. The first-order chi connectivity index (χ1) is 7.84. The van der Waals surface area contributed by atoms with E-state index in [1.165, 1.54) is 11.0 Å². The number of aromatic nitrogens is 4. The van der Waals surface area contributed by atoms with Gasteiger partial charge in [0.15, 0.2) is 0 Å². The van der Waals surface area contributed by atoms with Crippen molar-refractivity contribution in [2.45, 2.75) is 13.2 Å². The number of tetrazole rings is 1. The van der Waals surface area contributed by atoms with Crippen molar-refractivity contribution in [2.75, 3.05) is 0 Å². The smallest absolute Gasteiger partial charge is 0.328 e. The highest BCUT2D eigenvalue weighted by atomic mass is 16.5. The van der Waals surface area contributed by atoms with Crippen molar-refractivity contribution in [3.05, 3.63) is 42.2 Å². The van der Waals surface area contributed by atoms with Gasteiger partial charge in [-0.1, -0.05) is 30.3 Å². The molecule has 2 rings (SSSR count). The first kappa shape index (κ1) is 10.3. The standard InChI is InChI=1S/C10H10N4O2/c15-10(6-14-8-11-12-13-14)16-7-9-4-2-1-3-5-9/h1-5,8H,6-7H2. The lowest BCUT2D eigenvalue weighted by molar-refractivity contribution is -0.145. The van der Waals surface area contributed by atoms with Crippen molar-refractivity contribution < 1.29 is 9.53 Å². The van der Waals surface area contributed by atoms with Gasteiger partial charge < -0.3 is 4.74 Å². The zero-order chi connectivity index (χ0) is 11.2. The van der Waals surface area contributed by atoms with Crippen LogP contribution in [0, 0.1) is 0 Å². The van der Waals surface area contributed by atoms with Crippen molar-refractivity contribution >= 4 is 5.97 Å². The molecule has 1 aromatic heterocycles. The van der Waals surface area contributed by atoms with Crippen molar-refractivity contribution in [1.82, 2.24) is 20.2 Å². The molecule has 6 nitrogen and oxygen atoms in total. The summed E-state index contributed by atoms with van der Waals surface area (Å²) in [7, 11) is 0. The summed E-state index contributed by atoms with van der Waals surface area (Å²) in [5.41, 5.74) is 0.951. The molecule has 0 atom stereocenters. The second-order valence-corrected chi connectivity index (χ2v) is 3.15. The molecule has 0 N–H and O–H groups in total. The molecule has 0 saturated carbocycles. The topological polar surface area (TPSA) is 69.9 Å². The Morgan fingerprint density at radius 2 is 2.12 bits per heavy atom. The lowest BCUT2D eigenvalue weighted by atomic mass is 10.2. The van der Waals surface area contributed by atoms with E-state index in [2.05, 4.69) is 15.5 Å². The average Bonchev–Trinajstić information content (AvgIpc) is 2.81. The van der Waals surface area contributed by atoms with E-state index < -0.39 is 0 Å². The van der Waals surface area contributed by atoms with E-state index in [9.17, 15) is 4.79 Å². The number of rotatable bonds is 4.